The molecule has 1 saturated heterocycles. The quantitative estimate of drug-likeness (QED) is 0.830. The lowest BCUT2D eigenvalue weighted by Gasteiger charge is -2.39. The Bertz CT molecular complexity index is 536. The lowest BCUT2D eigenvalue weighted by molar-refractivity contribution is -0.140. The molecule has 1 aromatic rings. The lowest BCUT2D eigenvalue weighted by atomic mass is 10.0. The molecule has 6 nitrogen and oxygen atoms in total. The number of ether oxygens (including phenoxy) is 1. The van der Waals surface area contributed by atoms with Crippen molar-refractivity contribution in [3.8, 4) is 0 Å². The number of carbonyl (C=O) groups excluding carboxylic acids is 1. The lowest BCUT2D eigenvalue weighted by Crippen LogP contribution is -2.56. The average Bonchev–Trinajstić information content (AvgIpc) is 2.71. The Kier molecular flexibility index (Phi) is 5.24. The molecule has 6 heteroatoms. The van der Waals surface area contributed by atoms with Gasteiger partial charge in [-0.15, -0.1) is 0 Å². The van der Waals surface area contributed by atoms with E-state index in [1.54, 1.807) is 0 Å². The summed E-state index contributed by atoms with van der Waals surface area (Å²) in [7, 11) is 1.42. The molecule has 22 heavy (non-hydrogen) atoms. The van der Waals surface area contributed by atoms with Crippen LogP contribution in [0.25, 0.3) is 0 Å². The van der Waals surface area contributed by atoms with E-state index in [9.17, 15) is 4.79 Å². The number of piperazine rings is 1. The minimum atomic E-state index is -0.196. The first-order chi connectivity index (χ1) is 10.3. The zero-order valence-electron chi connectivity index (χ0n) is 14.4. The molecule has 0 bridgehead atoms. The summed E-state index contributed by atoms with van der Waals surface area (Å²) in [5, 5.41) is 8.12. The molecule has 0 aromatic carbocycles. The highest BCUT2D eigenvalue weighted by Gasteiger charge is 2.26. The van der Waals surface area contributed by atoms with Crippen LogP contribution in [0, 0.1) is 13.8 Å². The van der Waals surface area contributed by atoms with Crippen LogP contribution in [0.4, 0.5) is 0 Å². The van der Waals surface area contributed by atoms with Gasteiger partial charge in [-0.25, -0.2) is 0 Å². The van der Waals surface area contributed by atoms with E-state index >= 15 is 0 Å². The van der Waals surface area contributed by atoms with Crippen molar-refractivity contribution in [1.82, 2.24) is 20.0 Å². The van der Waals surface area contributed by atoms with Crippen LogP contribution in [-0.2, 0) is 22.6 Å². The molecule has 1 aliphatic heterocycles. The van der Waals surface area contributed by atoms with Crippen LogP contribution < -0.4 is 5.32 Å². The van der Waals surface area contributed by atoms with Crippen molar-refractivity contribution >= 4 is 5.97 Å². The van der Waals surface area contributed by atoms with Crippen molar-refractivity contribution in [3.63, 3.8) is 0 Å². The predicted molar refractivity (Wildman–Crippen MR) is 85.7 cm³/mol. The smallest absolute Gasteiger partial charge is 0.307 e. The van der Waals surface area contributed by atoms with Crippen molar-refractivity contribution in [2.24, 2.45) is 0 Å². The molecule has 0 amide bonds. The highest BCUT2D eigenvalue weighted by atomic mass is 16.5. The van der Waals surface area contributed by atoms with Gasteiger partial charge in [-0.2, -0.15) is 5.10 Å². The van der Waals surface area contributed by atoms with Crippen molar-refractivity contribution in [3.05, 3.63) is 17.0 Å². The van der Waals surface area contributed by atoms with Crippen molar-refractivity contribution in [2.45, 2.75) is 52.7 Å². The molecular weight excluding hydrogens is 280 g/mol. The van der Waals surface area contributed by atoms with Crippen LogP contribution in [-0.4, -0.2) is 52.9 Å². The van der Waals surface area contributed by atoms with Gasteiger partial charge in [0.25, 0.3) is 0 Å². The van der Waals surface area contributed by atoms with Crippen molar-refractivity contribution in [2.75, 3.05) is 26.7 Å². The molecule has 0 radical (unpaired) electrons. The van der Waals surface area contributed by atoms with Crippen LogP contribution in [0.2, 0.25) is 0 Å². The van der Waals surface area contributed by atoms with E-state index in [0.29, 0.717) is 13.0 Å². The summed E-state index contributed by atoms with van der Waals surface area (Å²) in [5.41, 5.74) is 3.64. The number of aryl methyl sites for hydroxylation is 2. The Balaban J connectivity index is 2.05. The van der Waals surface area contributed by atoms with Gasteiger partial charge in [0, 0.05) is 43.0 Å². The Morgan fingerprint density at radius 1 is 1.41 bits per heavy atom. The first-order valence-electron chi connectivity index (χ1n) is 7.89. The number of hydrogen-bond donors (Lipinski definition) is 1. The molecule has 1 aromatic heterocycles. The van der Waals surface area contributed by atoms with E-state index in [4.69, 9.17) is 4.74 Å². The summed E-state index contributed by atoms with van der Waals surface area (Å²) in [5.74, 6) is -0.196. The molecular formula is C16H28N4O2. The molecule has 0 atom stereocenters. The van der Waals surface area contributed by atoms with Gasteiger partial charge in [-0.1, -0.05) is 0 Å². The summed E-state index contributed by atoms with van der Waals surface area (Å²) in [6.45, 7) is 13.2. The summed E-state index contributed by atoms with van der Waals surface area (Å²) < 4.78 is 6.62. The Morgan fingerprint density at radius 2 is 2.14 bits per heavy atom. The summed E-state index contributed by atoms with van der Waals surface area (Å²) in [6, 6.07) is 0. The average molecular weight is 308 g/mol. The maximum Gasteiger partial charge on any atom is 0.307 e. The highest BCUT2D eigenvalue weighted by molar-refractivity contribution is 5.68. The molecule has 0 aliphatic carbocycles. The van der Waals surface area contributed by atoms with Crippen LogP contribution in [0.3, 0.4) is 0 Å². The number of aromatic nitrogens is 2. The van der Waals surface area contributed by atoms with E-state index in [1.807, 2.05) is 11.6 Å². The minimum absolute atomic E-state index is 0.154. The molecule has 2 rings (SSSR count). The molecule has 0 unspecified atom stereocenters. The second-order valence-electron chi connectivity index (χ2n) is 6.72. The van der Waals surface area contributed by atoms with Gasteiger partial charge in [0.15, 0.2) is 0 Å². The summed E-state index contributed by atoms with van der Waals surface area (Å²) in [6.07, 6.45) is 0.360. The number of methoxy groups -OCH3 is 1. The van der Waals surface area contributed by atoms with E-state index in [2.05, 4.69) is 36.1 Å². The molecule has 2 heterocycles. The third-order valence-electron chi connectivity index (χ3n) is 4.32. The molecule has 0 saturated carbocycles. The van der Waals surface area contributed by atoms with E-state index in [-0.39, 0.29) is 11.5 Å². The van der Waals surface area contributed by atoms with Crippen LogP contribution in [0.5, 0.6) is 0 Å². The van der Waals surface area contributed by atoms with Gasteiger partial charge < -0.3 is 10.1 Å². The Morgan fingerprint density at radius 3 is 2.77 bits per heavy atom. The fourth-order valence-electron chi connectivity index (χ4n) is 3.08. The van der Waals surface area contributed by atoms with Crippen LogP contribution in [0.1, 0.15) is 37.2 Å². The maximum atomic E-state index is 11.3. The zero-order chi connectivity index (χ0) is 16.3. The van der Waals surface area contributed by atoms with E-state index < -0.39 is 0 Å². The van der Waals surface area contributed by atoms with Crippen LogP contribution >= 0.6 is 0 Å². The normalized spacial score (nSPS) is 18.4. The standard InChI is InChI=1S/C16H28N4O2/c1-12-14(10-19-9-7-17-16(3,4)11-19)13(2)20(18-12)8-6-15(21)22-5/h17H,6-11H2,1-5H3. The largest absolute Gasteiger partial charge is 0.469 e. The Hall–Kier alpha value is -1.40. The second kappa shape index (κ2) is 6.79. The summed E-state index contributed by atoms with van der Waals surface area (Å²) in [4.78, 5) is 13.8. The molecule has 1 fully saturated rings. The Labute approximate surface area is 132 Å². The number of nitrogens with one attached hydrogen (secondary N) is 1. The topological polar surface area (TPSA) is 59.4 Å². The second-order valence-corrected chi connectivity index (χ2v) is 6.72. The van der Waals surface area contributed by atoms with Gasteiger partial charge in [0.05, 0.1) is 25.8 Å². The predicted octanol–water partition coefficient (Wildman–Crippen LogP) is 1.25. The minimum Gasteiger partial charge on any atom is -0.469 e. The SMILES string of the molecule is COC(=O)CCn1nc(C)c(CN2CCNC(C)(C)C2)c1C. The first kappa shape index (κ1) is 17.0. The number of rotatable bonds is 5. The third-order valence-corrected chi connectivity index (χ3v) is 4.32. The summed E-state index contributed by atoms with van der Waals surface area (Å²) >= 11 is 0. The monoisotopic (exact) mass is 308 g/mol. The maximum absolute atomic E-state index is 11.3. The number of carbonyl (C=O) groups is 1. The van der Waals surface area contributed by atoms with E-state index in [1.165, 1.54) is 12.7 Å². The third kappa shape index (κ3) is 4.08. The van der Waals surface area contributed by atoms with Gasteiger partial charge in [-0.05, 0) is 27.7 Å². The van der Waals surface area contributed by atoms with Gasteiger partial charge in [0.1, 0.15) is 0 Å². The number of hydrogen-bond acceptors (Lipinski definition) is 5. The number of esters is 1. The van der Waals surface area contributed by atoms with Gasteiger partial charge in [0.2, 0.25) is 0 Å². The fourth-order valence-corrected chi connectivity index (χ4v) is 3.08. The molecule has 124 valence electrons. The molecule has 0 spiro atoms. The molecule has 1 N–H and O–H groups in total. The van der Waals surface area contributed by atoms with Crippen molar-refractivity contribution < 1.29 is 9.53 Å². The van der Waals surface area contributed by atoms with Crippen LogP contribution in [0.15, 0.2) is 0 Å². The zero-order valence-corrected chi connectivity index (χ0v) is 14.4. The van der Waals surface area contributed by atoms with Gasteiger partial charge in [-0.3, -0.25) is 14.4 Å². The number of nitrogens with zero attached hydrogens (tertiary/aromatic N) is 3. The van der Waals surface area contributed by atoms with Crippen molar-refractivity contribution in [1.29, 1.82) is 0 Å². The molecule has 1 aliphatic rings. The first-order valence-corrected chi connectivity index (χ1v) is 7.89. The van der Waals surface area contributed by atoms with Gasteiger partial charge >= 0.3 is 5.97 Å². The van der Waals surface area contributed by atoms with E-state index in [0.717, 1.165) is 37.6 Å². The fraction of sp³-hybridized carbons (Fsp3) is 0.750. The highest BCUT2D eigenvalue weighted by Crippen LogP contribution is 2.19.